The molecule has 2 aliphatic rings. The van der Waals surface area contributed by atoms with E-state index in [2.05, 4.69) is 353 Å². The van der Waals surface area contributed by atoms with Crippen LogP contribution in [0.1, 0.15) is 103 Å². The van der Waals surface area contributed by atoms with E-state index >= 15 is 0 Å². The molecule has 0 bridgehead atoms. The highest BCUT2D eigenvalue weighted by molar-refractivity contribution is 7.00. The highest BCUT2D eigenvalue weighted by Crippen LogP contribution is 2.53. The lowest BCUT2D eigenvalue weighted by molar-refractivity contribution is 0.866. The Bertz CT molecular complexity index is 4980. The summed E-state index contributed by atoms with van der Waals surface area (Å²) in [5.41, 5.74) is 30.7. The average Bonchev–Trinajstić information content (AvgIpc) is 0.727. The molecule has 0 N–H and O–H groups in total. The van der Waals surface area contributed by atoms with Crippen molar-refractivity contribution >= 4 is 101 Å². The van der Waals surface area contributed by atoms with Crippen LogP contribution in [0, 0.1) is 0 Å². The highest BCUT2D eigenvalue weighted by Gasteiger charge is 2.45. The minimum atomic E-state index is -0.277. The predicted octanol–water partition coefficient (Wildman–Crippen LogP) is 23.1. The van der Waals surface area contributed by atoms with Gasteiger partial charge in [-0.3, -0.25) is 0 Å². The topological polar surface area (TPSA) is 16.3 Å². The van der Waals surface area contributed by atoms with Crippen molar-refractivity contribution in [1.82, 2.24) is 9.13 Å². The van der Waals surface area contributed by atoms with E-state index in [0.717, 1.165) is 95.5 Å². The summed E-state index contributed by atoms with van der Waals surface area (Å²) in [6.45, 7) is 18.1. The second-order valence-corrected chi connectivity index (χ2v) is 27.5. The summed E-state index contributed by atoms with van der Waals surface area (Å²) in [5.74, 6) is 1.34. The fourth-order valence-electron chi connectivity index (χ4n) is 15.7. The first-order valence-corrected chi connectivity index (χ1v) is 34.0. The Morgan fingerprint density at radius 3 is 0.863 bits per heavy atom. The van der Waals surface area contributed by atoms with Crippen molar-refractivity contribution in [3.05, 3.63) is 307 Å². The van der Waals surface area contributed by atoms with Gasteiger partial charge in [-0.1, -0.05) is 280 Å². The molecule has 4 nitrogen and oxygen atoms in total. The van der Waals surface area contributed by atoms with Gasteiger partial charge < -0.3 is 18.9 Å². The van der Waals surface area contributed by atoms with Crippen molar-refractivity contribution in [2.75, 3.05) is 9.80 Å². The molecular formula is C90H75BN4. The second kappa shape index (κ2) is 23.0. The van der Waals surface area contributed by atoms with Crippen LogP contribution in [-0.4, -0.2) is 15.8 Å². The molecule has 0 atom stereocenters. The molecule has 2 aromatic heterocycles. The van der Waals surface area contributed by atoms with Gasteiger partial charge in [0.05, 0.1) is 34.8 Å². The van der Waals surface area contributed by atoms with Crippen LogP contribution in [0.15, 0.2) is 285 Å². The molecule has 0 radical (unpaired) electrons. The van der Waals surface area contributed by atoms with Gasteiger partial charge in [-0.05, 0) is 145 Å². The lowest BCUT2D eigenvalue weighted by Crippen LogP contribution is -2.61. The zero-order chi connectivity index (χ0) is 65.2. The van der Waals surface area contributed by atoms with Gasteiger partial charge >= 0.3 is 0 Å². The Labute approximate surface area is 560 Å². The minimum Gasteiger partial charge on any atom is -0.310 e. The minimum absolute atomic E-state index is 0.277. The molecule has 0 saturated heterocycles. The number of hydrogen-bond donors (Lipinski definition) is 0. The number of hydrogen-bond acceptors (Lipinski definition) is 2. The van der Waals surface area contributed by atoms with Crippen LogP contribution >= 0.6 is 0 Å². The molecule has 2 aliphatic heterocycles. The first kappa shape index (κ1) is 56.8. The molecule has 0 unspecified atom stereocenters. The van der Waals surface area contributed by atoms with Gasteiger partial charge in [-0.25, -0.2) is 0 Å². The van der Waals surface area contributed by atoms with Crippen molar-refractivity contribution in [3.8, 4) is 55.9 Å². The third kappa shape index (κ3) is 9.41. The van der Waals surface area contributed by atoms with Gasteiger partial charge in [-0.15, -0.1) is 0 Å². The molecule has 0 spiro atoms. The Hall–Kier alpha value is -10.9. The van der Waals surface area contributed by atoms with Crippen LogP contribution in [0.2, 0.25) is 0 Å². The Morgan fingerprint density at radius 2 is 0.579 bits per heavy atom. The molecule has 458 valence electrons. The normalized spacial score (nSPS) is 12.9. The molecule has 17 rings (SSSR count). The Morgan fingerprint density at radius 1 is 0.284 bits per heavy atom. The van der Waals surface area contributed by atoms with Crippen LogP contribution in [0.3, 0.4) is 0 Å². The summed E-state index contributed by atoms with van der Waals surface area (Å²) >= 11 is 0. The predicted molar refractivity (Wildman–Crippen MR) is 407 cm³/mol. The van der Waals surface area contributed by atoms with Crippen LogP contribution in [0.5, 0.6) is 0 Å². The van der Waals surface area contributed by atoms with Crippen molar-refractivity contribution in [3.63, 3.8) is 0 Å². The van der Waals surface area contributed by atoms with Crippen molar-refractivity contribution < 1.29 is 1.37 Å². The summed E-state index contributed by atoms with van der Waals surface area (Å²) < 4.78 is 15.6. The van der Waals surface area contributed by atoms with Gasteiger partial charge in [0, 0.05) is 77.9 Å². The first-order valence-electron chi connectivity index (χ1n) is 34.5. The van der Waals surface area contributed by atoms with Crippen LogP contribution in [0.4, 0.5) is 34.1 Å². The second-order valence-electron chi connectivity index (χ2n) is 27.5. The van der Waals surface area contributed by atoms with E-state index in [-0.39, 0.29) is 6.71 Å². The molecule has 0 amide bonds. The van der Waals surface area contributed by atoms with Gasteiger partial charge in [0.1, 0.15) is 0 Å². The summed E-state index contributed by atoms with van der Waals surface area (Å²) in [6.07, 6.45) is 0. The zero-order valence-electron chi connectivity index (χ0n) is 56.2. The van der Waals surface area contributed by atoms with Crippen molar-refractivity contribution in [2.24, 2.45) is 0 Å². The summed E-state index contributed by atoms with van der Waals surface area (Å²) in [4.78, 5) is 5.14. The maximum Gasteiger partial charge on any atom is 0.252 e. The molecular weight excluding hydrogens is 1150 g/mol. The molecule has 95 heavy (non-hydrogen) atoms. The lowest BCUT2D eigenvalue weighted by Gasteiger charge is -2.45. The molecule has 4 heterocycles. The highest BCUT2D eigenvalue weighted by atomic mass is 15.2. The van der Waals surface area contributed by atoms with E-state index in [1.807, 2.05) is 0 Å². The van der Waals surface area contributed by atoms with E-state index in [1.54, 1.807) is 0 Å². The number of anilines is 6. The maximum absolute atomic E-state index is 10.5. The van der Waals surface area contributed by atoms with Gasteiger partial charge in [0.15, 0.2) is 0 Å². The molecule has 0 aliphatic carbocycles. The number of rotatable bonds is 12. The largest absolute Gasteiger partial charge is 0.310 e. The third-order valence-corrected chi connectivity index (χ3v) is 20.6. The summed E-state index contributed by atoms with van der Waals surface area (Å²) in [7, 11) is 0. The molecule has 5 heteroatoms. The van der Waals surface area contributed by atoms with Gasteiger partial charge in [0.25, 0.3) is 6.71 Å². The number of para-hydroxylation sites is 2. The molecule has 0 saturated carbocycles. The number of benzene rings is 13. The monoisotopic (exact) mass is 1220 g/mol. The molecule has 15 aromatic rings. The maximum atomic E-state index is 10.5. The van der Waals surface area contributed by atoms with Gasteiger partial charge in [0.2, 0.25) is 0 Å². The van der Waals surface area contributed by atoms with E-state index in [4.69, 9.17) is 0 Å². The van der Waals surface area contributed by atoms with Crippen molar-refractivity contribution in [2.45, 2.75) is 79.1 Å². The van der Waals surface area contributed by atoms with Crippen molar-refractivity contribution in [1.29, 1.82) is 0 Å². The van der Waals surface area contributed by atoms with E-state index < -0.39 is 0 Å². The summed E-state index contributed by atoms with van der Waals surface area (Å²) in [6, 6.07) is 105. The smallest absolute Gasteiger partial charge is 0.252 e. The van der Waals surface area contributed by atoms with Gasteiger partial charge in [-0.2, -0.15) is 0 Å². The van der Waals surface area contributed by atoms with E-state index in [9.17, 15) is 1.37 Å². The van der Waals surface area contributed by atoms with E-state index in [0.29, 0.717) is 29.7 Å². The fraction of sp³-hybridized carbons (Fsp3) is 0.133. The number of fused-ring (bicyclic) bond motifs is 10. The fourth-order valence-corrected chi connectivity index (χ4v) is 15.7. The quantitative estimate of drug-likeness (QED) is 0.113. The van der Waals surface area contributed by atoms with Crippen LogP contribution in [-0.2, 0) is 0 Å². The Balaban J connectivity index is 1.03. The average molecular weight is 1220 g/mol. The summed E-state index contributed by atoms with van der Waals surface area (Å²) in [5, 5.41) is 4.95. The van der Waals surface area contributed by atoms with Crippen LogP contribution < -0.4 is 26.2 Å². The third-order valence-electron chi connectivity index (χ3n) is 20.6. The molecule has 13 aromatic carbocycles. The lowest BCUT2D eigenvalue weighted by atomic mass is 9.33. The molecule has 0 fully saturated rings. The first-order chi connectivity index (χ1) is 46.9. The standard InChI is InChI=1S/C90H75BN4/c1-56(2)64-38-44-74-75-45-39-65(57(3)4)51-83(75)92(82(74)50-64)68-42-48-78-86(54-68)94(89-70(60-24-13-9-14-25-60)32-21-33-71(89)61-26-15-10-16-27-61)80-36-23-37-81-88(80)91(78)79-49-43-69(93-84-52-66(58(5)6)40-46-76(84)77-47-41-67(59(7)8)53-85(77)93)55-87(79)95(81)90-72(62-28-17-11-18-29-62)34-22-35-73(90)63-30-19-12-20-31-63/h9-59H,1-8H3/i23D. The zero-order valence-corrected chi connectivity index (χ0v) is 55.2. The Kier molecular flexibility index (Phi) is 13.8. The number of aromatic nitrogens is 2. The van der Waals surface area contributed by atoms with Crippen LogP contribution in [0.25, 0.3) is 99.5 Å². The SMILES string of the molecule is [2H]c1cc2c3c(c1)N(c1c(-c4ccccc4)cccc1-c1ccccc1)c1cc(-n4c5cc(C(C)C)ccc5c5ccc(C(C)C)cc54)ccc1B3c1ccc(-n3c4cc(C(C)C)ccc4c4ccc(C(C)C)cc43)cc1N2c1c(-c2ccccc2)cccc1-c1ccccc1. The number of nitrogens with zero attached hydrogens (tertiary/aromatic N) is 4. The van der Waals surface area contributed by atoms with E-state index in [1.165, 1.54) is 76.8 Å².